The van der Waals surface area contributed by atoms with Crippen LogP contribution in [-0.4, -0.2) is 11.2 Å². The topological polar surface area (TPSA) is 20.2 Å². The molecule has 19 heavy (non-hydrogen) atoms. The molecule has 1 aromatic carbocycles. The van der Waals surface area contributed by atoms with E-state index in [2.05, 4.69) is 39.0 Å². The standard InChI is InChI=1S/C18H30O/c1-4-5-6-7-8-9-10-18(19)14-17-12-15(2)11-16(3)13-17/h11-13,18-19H,4-10,14H2,1-3H3. The first-order valence-corrected chi connectivity index (χ1v) is 7.87. The SMILES string of the molecule is CCCCCCCCC(O)Cc1cc(C)cc(C)c1. The average Bonchev–Trinajstić information content (AvgIpc) is 2.32. The Morgan fingerprint density at radius 3 is 2.11 bits per heavy atom. The van der Waals surface area contributed by atoms with Gasteiger partial charge in [0.1, 0.15) is 0 Å². The number of rotatable bonds is 9. The normalized spacial score (nSPS) is 12.6. The minimum atomic E-state index is -0.174. The fraction of sp³-hybridized carbons (Fsp3) is 0.667. The molecule has 1 nitrogen and oxygen atoms in total. The number of aliphatic hydroxyl groups excluding tert-OH is 1. The molecular formula is C18H30O. The minimum Gasteiger partial charge on any atom is -0.393 e. The molecule has 0 aliphatic heterocycles. The maximum absolute atomic E-state index is 10.1. The Morgan fingerprint density at radius 2 is 1.47 bits per heavy atom. The lowest BCUT2D eigenvalue weighted by Crippen LogP contribution is -2.10. The number of aliphatic hydroxyl groups is 1. The third-order valence-corrected chi connectivity index (χ3v) is 3.64. The van der Waals surface area contributed by atoms with Crippen molar-refractivity contribution < 1.29 is 5.11 Å². The van der Waals surface area contributed by atoms with E-state index in [4.69, 9.17) is 0 Å². The van der Waals surface area contributed by atoms with E-state index < -0.39 is 0 Å². The monoisotopic (exact) mass is 262 g/mol. The van der Waals surface area contributed by atoms with E-state index in [9.17, 15) is 5.11 Å². The van der Waals surface area contributed by atoms with Crippen molar-refractivity contribution in [2.24, 2.45) is 0 Å². The van der Waals surface area contributed by atoms with Gasteiger partial charge in [-0.3, -0.25) is 0 Å². The zero-order valence-corrected chi connectivity index (χ0v) is 12.9. The molecule has 0 amide bonds. The lowest BCUT2D eigenvalue weighted by Gasteiger charge is -2.12. The highest BCUT2D eigenvalue weighted by molar-refractivity contribution is 5.28. The maximum atomic E-state index is 10.1. The first-order valence-electron chi connectivity index (χ1n) is 7.87. The number of benzene rings is 1. The Morgan fingerprint density at radius 1 is 0.895 bits per heavy atom. The molecule has 1 unspecified atom stereocenters. The second kappa shape index (κ2) is 9.14. The third kappa shape index (κ3) is 7.37. The molecule has 0 radical (unpaired) electrons. The van der Waals surface area contributed by atoms with Gasteiger partial charge in [-0.15, -0.1) is 0 Å². The summed E-state index contributed by atoms with van der Waals surface area (Å²) in [5.41, 5.74) is 3.86. The first-order chi connectivity index (χ1) is 9.11. The summed E-state index contributed by atoms with van der Waals surface area (Å²) < 4.78 is 0. The number of hydrogen-bond donors (Lipinski definition) is 1. The van der Waals surface area contributed by atoms with Crippen LogP contribution >= 0.6 is 0 Å². The van der Waals surface area contributed by atoms with Crippen LogP contribution in [0.3, 0.4) is 0 Å². The lowest BCUT2D eigenvalue weighted by molar-refractivity contribution is 0.161. The summed E-state index contributed by atoms with van der Waals surface area (Å²) in [4.78, 5) is 0. The van der Waals surface area contributed by atoms with Crippen LogP contribution in [-0.2, 0) is 6.42 Å². The highest BCUT2D eigenvalue weighted by Gasteiger charge is 2.06. The summed E-state index contributed by atoms with van der Waals surface area (Å²) in [6, 6.07) is 6.57. The number of hydrogen-bond acceptors (Lipinski definition) is 1. The number of aryl methyl sites for hydroxylation is 2. The van der Waals surface area contributed by atoms with Crippen molar-refractivity contribution in [1.29, 1.82) is 0 Å². The van der Waals surface area contributed by atoms with E-state index in [0.29, 0.717) is 0 Å². The van der Waals surface area contributed by atoms with Crippen molar-refractivity contribution in [2.45, 2.75) is 78.2 Å². The lowest BCUT2D eigenvalue weighted by atomic mass is 9.99. The molecule has 1 rings (SSSR count). The van der Waals surface area contributed by atoms with Gasteiger partial charge in [0.15, 0.2) is 0 Å². The van der Waals surface area contributed by atoms with Gasteiger partial charge >= 0.3 is 0 Å². The average molecular weight is 262 g/mol. The van der Waals surface area contributed by atoms with E-state index in [1.54, 1.807) is 0 Å². The molecular weight excluding hydrogens is 232 g/mol. The van der Waals surface area contributed by atoms with Crippen LogP contribution in [0.5, 0.6) is 0 Å². The van der Waals surface area contributed by atoms with Crippen molar-refractivity contribution in [3.8, 4) is 0 Å². The molecule has 0 aliphatic rings. The second-order valence-electron chi connectivity index (χ2n) is 5.91. The molecule has 0 spiro atoms. The summed E-state index contributed by atoms with van der Waals surface area (Å²) in [7, 11) is 0. The van der Waals surface area contributed by atoms with Gasteiger partial charge in [-0.25, -0.2) is 0 Å². The van der Waals surface area contributed by atoms with E-state index in [-0.39, 0.29) is 6.10 Å². The van der Waals surface area contributed by atoms with Gasteiger partial charge in [0.2, 0.25) is 0 Å². The molecule has 108 valence electrons. The number of unbranched alkanes of at least 4 members (excludes halogenated alkanes) is 5. The molecule has 0 saturated carbocycles. The summed E-state index contributed by atoms with van der Waals surface area (Å²) >= 11 is 0. The van der Waals surface area contributed by atoms with E-state index in [1.165, 1.54) is 48.8 Å². The maximum Gasteiger partial charge on any atom is 0.0580 e. The van der Waals surface area contributed by atoms with Crippen molar-refractivity contribution in [2.75, 3.05) is 0 Å². The Hall–Kier alpha value is -0.820. The van der Waals surface area contributed by atoms with Crippen LogP contribution in [0.1, 0.15) is 68.6 Å². The molecule has 0 aliphatic carbocycles. The van der Waals surface area contributed by atoms with Gasteiger partial charge in [-0.1, -0.05) is 74.8 Å². The third-order valence-electron chi connectivity index (χ3n) is 3.64. The van der Waals surface area contributed by atoms with Crippen molar-refractivity contribution in [1.82, 2.24) is 0 Å². The Bertz CT molecular complexity index is 336. The van der Waals surface area contributed by atoms with Crippen molar-refractivity contribution in [3.05, 3.63) is 34.9 Å². The molecule has 1 aromatic rings. The zero-order chi connectivity index (χ0) is 14.1. The molecule has 1 heteroatoms. The van der Waals surface area contributed by atoms with Crippen LogP contribution in [0.2, 0.25) is 0 Å². The molecule has 0 saturated heterocycles. The summed E-state index contributed by atoms with van der Waals surface area (Å²) in [5, 5.41) is 10.1. The van der Waals surface area contributed by atoms with E-state index in [1.807, 2.05) is 0 Å². The molecule has 1 atom stereocenters. The van der Waals surface area contributed by atoms with Crippen LogP contribution in [0.4, 0.5) is 0 Å². The first kappa shape index (κ1) is 16.2. The molecule has 0 heterocycles. The largest absolute Gasteiger partial charge is 0.393 e. The van der Waals surface area contributed by atoms with Gasteiger partial charge in [-0.05, 0) is 32.3 Å². The highest BCUT2D eigenvalue weighted by Crippen LogP contribution is 2.14. The van der Waals surface area contributed by atoms with Crippen LogP contribution in [0.25, 0.3) is 0 Å². The Kier molecular flexibility index (Phi) is 7.81. The molecule has 0 aromatic heterocycles. The van der Waals surface area contributed by atoms with Gasteiger partial charge in [0, 0.05) is 0 Å². The summed E-state index contributed by atoms with van der Waals surface area (Å²) in [5.74, 6) is 0. The quantitative estimate of drug-likeness (QED) is 0.624. The van der Waals surface area contributed by atoms with Gasteiger partial charge < -0.3 is 5.11 Å². The summed E-state index contributed by atoms with van der Waals surface area (Å²) in [6.07, 6.45) is 9.33. The molecule has 1 N–H and O–H groups in total. The molecule has 0 fully saturated rings. The Labute approximate surface area is 119 Å². The molecule has 0 bridgehead atoms. The smallest absolute Gasteiger partial charge is 0.0580 e. The predicted octanol–water partition coefficient (Wildman–Crippen LogP) is 4.96. The zero-order valence-electron chi connectivity index (χ0n) is 12.9. The van der Waals surface area contributed by atoms with E-state index >= 15 is 0 Å². The van der Waals surface area contributed by atoms with Gasteiger partial charge in [0.05, 0.1) is 6.10 Å². The van der Waals surface area contributed by atoms with E-state index in [0.717, 1.165) is 19.3 Å². The fourth-order valence-corrected chi connectivity index (χ4v) is 2.72. The van der Waals surface area contributed by atoms with Crippen LogP contribution in [0.15, 0.2) is 18.2 Å². The predicted molar refractivity (Wildman–Crippen MR) is 83.6 cm³/mol. The van der Waals surface area contributed by atoms with Gasteiger partial charge in [0.25, 0.3) is 0 Å². The van der Waals surface area contributed by atoms with Crippen molar-refractivity contribution in [3.63, 3.8) is 0 Å². The second-order valence-corrected chi connectivity index (χ2v) is 5.91. The highest BCUT2D eigenvalue weighted by atomic mass is 16.3. The van der Waals surface area contributed by atoms with Gasteiger partial charge in [-0.2, -0.15) is 0 Å². The summed E-state index contributed by atoms with van der Waals surface area (Å²) in [6.45, 7) is 6.49. The van der Waals surface area contributed by atoms with Crippen molar-refractivity contribution >= 4 is 0 Å². The minimum absolute atomic E-state index is 0.174. The van der Waals surface area contributed by atoms with Crippen LogP contribution in [0, 0.1) is 13.8 Å². The van der Waals surface area contributed by atoms with Crippen LogP contribution < -0.4 is 0 Å². The fourth-order valence-electron chi connectivity index (χ4n) is 2.72. The Balaban J connectivity index is 2.21.